The Morgan fingerprint density at radius 3 is 2.76 bits per heavy atom. The second-order valence-electron chi connectivity index (χ2n) is 5.02. The van der Waals surface area contributed by atoms with Gasteiger partial charge in [0.05, 0.1) is 12.8 Å². The lowest BCUT2D eigenvalue weighted by Crippen LogP contribution is -2.22. The summed E-state index contributed by atoms with van der Waals surface area (Å²) in [4.78, 5) is 15.8. The van der Waals surface area contributed by atoms with Gasteiger partial charge in [-0.25, -0.2) is 4.98 Å². The molecule has 3 rings (SSSR count). The van der Waals surface area contributed by atoms with Crippen molar-refractivity contribution in [1.82, 2.24) is 9.55 Å². The highest BCUT2D eigenvalue weighted by Gasteiger charge is 2.32. The van der Waals surface area contributed by atoms with Crippen molar-refractivity contribution in [2.45, 2.75) is 25.3 Å². The number of carbonyl (C=O) groups is 1. The summed E-state index contributed by atoms with van der Waals surface area (Å²) in [6.07, 6.45) is 1.41. The minimum Gasteiger partial charge on any atom is -0.497 e. The number of methoxy groups -OCH3 is 1. The molecule has 0 fully saturated rings. The van der Waals surface area contributed by atoms with Gasteiger partial charge in [-0.15, -0.1) is 0 Å². The first-order valence-electron chi connectivity index (χ1n) is 6.75. The third kappa shape index (κ3) is 2.38. The summed E-state index contributed by atoms with van der Waals surface area (Å²) in [5, 5.41) is 9.63. The smallest absolute Gasteiger partial charge is 0.312 e. The Morgan fingerprint density at radius 1 is 1.43 bits per heavy atom. The second kappa shape index (κ2) is 5.41. The molecule has 0 saturated heterocycles. The molecule has 1 aromatic heterocycles. The predicted molar refractivity (Wildman–Crippen MR) is 78.8 cm³/mol. The number of hydrogen-bond donors (Lipinski definition) is 1. The van der Waals surface area contributed by atoms with E-state index in [1.54, 1.807) is 7.11 Å². The predicted octanol–water partition coefficient (Wildman–Crippen LogP) is 3.17. The number of halogens is 1. The van der Waals surface area contributed by atoms with Crippen LogP contribution in [0.4, 0.5) is 0 Å². The van der Waals surface area contributed by atoms with E-state index in [9.17, 15) is 9.90 Å². The average molecular weight is 307 g/mol. The van der Waals surface area contributed by atoms with Gasteiger partial charge in [-0.05, 0) is 37.1 Å². The lowest BCUT2D eigenvalue weighted by atomic mass is 9.96. The maximum Gasteiger partial charge on any atom is 0.312 e. The highest BCUT2D eigenvalue weighted by atomic mass is 35.5. The van der Waals surface area contributed by atoms with Gasteiger partial charge in [-0.3, -0.25) is 4.79 Å². The van der Waals surface area contributed by atoms with Crippen molar-refractivity contribution in [1.29, 1.82) is 0 Å². The van der Waals surface area contributed by atoms with Crippen LogP contribution in [0.1, 0.15) is 24.5 Å². The molecule has 5 nitrogen and oxygen atoms in total. The number of nitrogens with zero attached hydrogens (tertiary/aromatic N) is 2. The Morgan fingerprint density at radius 2 is 2.14 bits per heavy atom. The van der Waals surface area contributed by atoms with Crippen LogP contribution in [-0.4, -0.2) is 27.7 Å². The van der Waals surface area contributed by atoms with Crippen molar-refractivity contribution in [3.05, 3.63) is 35.1 Å². The van der Waals surface area contributed by atoms with Gasteiger partial charge >= 0.3 is 5.97 Å². The molecule has 1 aliphatic rings. The largest absolute Gasteiger partial charge is 0.497 e. The number of aromatic nitrogens is 2. The third-order valence-electron chi connectivity index (χ3n) is 3.81. The van der Waals surface area contributed by atoms with Crippen LogP contribution in [0.3, 0.4) is 0 Å². The molecule has 1 atom stereocenters. The van der Waals surface area contributed by atoms with E-state index in [2.05, 4.69) is 4.98 Å². The van der Waals surface area contributed by atoms with Gasteiger partial charge < -0.3 is 14.4 Å². The van der Waals surface area contributed by atoms with E-state index in [0.717, 1.165) is 24.3 Å². The molecule has 110 valence electrons. The summed E-state index contributed by atoms with van der Waals surface area (Å²) in [5.74, 6) is 0.0482. The lowest BCUT2D eigenvalue weighted by Gasteiger charge is -2.22. The standard InChI is InChI=1S/C15H15ClN2O3/c1-21-10-6-4-9(5-7-10)14-17-13(16)12-11(15(19)20)3-2-8-18(12)14/h4-7,11H,2-3,8H2,1H3,(H,19,20). The summed E-state index contributed by atoms with van der Waals surface area (Å²) < 4.78 is 7.06. The molecule has 1 N–H and O–H groups in total. The summed E-state index contributed by atoms with van der Waals surface area (Å²) in [6.45, 7) is 0.736. The molecule has 2 aromatic rings. The number of carboxylic acids is 1. The molecule has 6 heteroatoms. The summed E-state index contributed by atoms with van der Waals surface area (Å²) >= 11 is 6.19. The van der Waals surface area contributed by atoms with E-state index in [1.165, 1.54) is 0 Å². The van der Waals surface area contributed by atoms with Crippen molar-refractivity contribution < 1.29 is 14.6 Å². The monoisotopic (exact) mass is 306 g/mol. The molecule has 0 aliphatic carbocycles. The van der Waals surface area contributed by atoms with Gasteiger partial charge in [0.2, 0.25) is 0 Å². The number of aliphatic carboxylic acids is 1. The number of imidazole rings is 1. The zero-order valence-electron chi connectivity index (χ0n) is 11.5. The lowest BCUT2D eigenvalue weighted by molar-refractivity contribution is -0.139. The fourth-order valence-corrected chi connectivity index (χ4v) is 3.10. The molecule has 0 saturated carbocycles. The fourth-order valence-electron chi connectivity index (χ4n) is 2.79. The molecule has 1 aromatic carbocycles. The Kier molecular flexibility index (Phi) is 3.59. The van der Waals surface area contributed by atoms with E-state index in [1.807, 2.05) is 28.8 Å². The molecule has 0 spiro atoms. The summed E-state index contributed by atoms with van der Waals surface area (Å²) in [7, 11) is 1.61. The second-order valence-corrected chi connectivity index (χ2v) is 5.38. The highest BCUT2D eigenvalue weighted by molar-refractivity contribution is 6.30. The molecule has 0 bridgehead atoms. The maximum atomic E-state index is 11.4. The van der Waals surface area contributed by atoms with Crippen molar-refractivity contribution >= 4 is 17.6 Å². The van der Waals surface area contributed by atoms with Crippen LogP contribution < -0.4 is 4.74 Å². The highest BCUT2D eigenvalue weighted by Crippen LogP contribution is 2.37. The first-order chi connectivity index (χ1) is 10.1. The Bertz CT molecular complexity index is 679. The number of hydrogen-bond acceptors (Lipinski definition) is 3. The number of carboxylic acid groups (broad SMARTS) is 1. The van der Waals surface area contributed by atoms with Gasteiger partial charge in [-0.1, -0.05) is 11.6 Å². The first-order valence-corrected chi connectivity index (χ1v) is 7.12. The van der Waals surface area contributed by atoms with E-state index < -0.39 is 11.9 Å². The first kappa shape index (κ1) is 13.9. The zero-order valence-corrected chi connectivity index (χ0v) is 12.3. The minimum absolute atomic E-state index is 0.285. The molecular formula is C15H15ClN2O3. The topological polar surface area (TPSA) is 64.4 Å². The maximum absolute atomic E-state index is 11.4. The van der Waals surface area contributed by atoms with Gasteiger partial charge in [0.25, 0.3) is 0 Å². The number of ether oxygens (including phenoxy) is 1. The quantitative estimate of drug-likeness (QED) is 0.946. The van der Waals surface area contributed by atoms with Crippen molar-refractivity contribution in [2.75, 3.05) is 7.11 Å². The van der Waals surface area contributed by atoms with Gasteiger partial charge in [0.15, 0.2) is 5.15 Å². The summed E-state index contributed by atoms with van der Waals surface area (Å²) in [6, 6.07) is 7.50. The van der Waals surface area contributed by atoms with Crippen LogP contribution in [0, 0.1) is 0 Å². The molecule has 21 heavy (non-hydrogen) atoms. The molecule has 0 radical (unpaired) electrons. The number of benzene rings is 1. The van der Waals surface area contributed by atoms with Gasteiger partial charge in [-0.2, -0.15) is 0 Å². The molecule has 1 aliphatic heterocycles. The fraction of sp³-hybridized carbons (Fsp3) is 0.333. The van der Waals surface area contributed by atoms with Crippen molar-refractivity contribution in [3.63, 3.8) is 0 Å². The minimum atomic E-state index is -0.848. The normalized spacial score (nSPS) is 17.3. The Hall–Kier alpha value is -2.01. The van der Waals surface area contributed by atoms with Crippen molar-refractivity contribution in [3.8, 4) is 17.1 Å². The van der Waals surface area contributed by atoms with Gasteiger partial charge in [0, 0.05) is 12.1 Å². The van der Waals surface area contributed by atoms with Crippen LogP contribution in [0.2, 0.25) is 5.15 Å². The van der Waals surface area contributed by atoms with Crippen LogP contribution in [-0.2, 0) is 11.3 Å². The van der Waals surface area contributed by atoms with Crippen LogP contribution in [0.5, 0.6) is 5.75 Å². The molecule has 0 amide bonds. The third-order valence-corrected chi connectivity index (χ3v) is 4.09. The van der Waals surface area contributed by atoms with Crippen LogP contribution >= 0.6 is 11.6 Å². The zero-order chi connectivity index (χ0) is 15.0. The van der Waals surface area contributed by atoms with E-state index in [4.69, 9.17) is 16.3 Å². The molecule has 2 heterocycles. The average Bonchev–Trinajstić information content (AvgIpc) is 2.84. The van der Waals surface area contributed by atoms with E-state index >= 15 is 0 Å². The van der Waals surface area contributed by atoms with E-state index in [0.29, 0.717) is 17.9 Å². The number of fused-ring (bicyclic) bond motifs is 1. The molecule has 1 unspecified atom stereocenters. The Labute approximate surface area is 127 Å². The van der Waals surface area contributed by atoms with Crippen LogP contribution in [0.15, 0.2) is 24.3 Å². The van der Waals surface area contributed by atoms with E-state index in [-0.39, 0.29) is 5.15 Å². The van der Waals surface area contributed by atoms with Crippen molar-refractivity contribution in [2.24, 2.45) is 0 Å². The van der Waals surface area contributed by atoms with Gasteiger partial charge in [0.1, 0.15) is 17.5 Å². The SMILES string of the molecule is COc1ccc(-c2nc(Cl)c3n2CCCC3C(=O)O)cc1. The number of rotatable bonds is 3. The van der Waals surface area contributed by atoms with Crippen LogP contribution in [0.25, 0.3) is 11.4 Å². The molecular weight excluding hydrogens is 292 g/mol. The summed E-state index contributed by atoms with van der Waals surface area (Å²) in [5.41, 5.74) is 1.51. The Balaban J connectivity index is 2.08.